The minimum atomic E-state index is -0.177. The van der Waals surface area contributed by atoms with Crippen molar-refractivity contribution in [3.63, 3.8) is 0 Å². The molecule has 0 aromatic heterocycles. The molecule has 1 heterocycles. The lowest BCUT2D eigenvalue weighted by Crippen LogP contribution is -2.52. The third-order valence-corrected chi connectivity index (χ3v) is 4.95. The second-order valence-corrected chi connectivity index (χ2v) is 6.57. The molecule has 0 bridgehead atoms. The van der Waals surface area contributed by atoms with Crippen LogP contribution in [0.25, 0.3) is 0 Å². The highest BCUT2D eigenvalue weighted by Gasteiger charge is 2.44. The van der Waals surface area contributed by atoms with Gasteiger partial charge < -0.3 is 10.2 Å². The Morgan fingerprint density at radius 3 is 2.82 bits per heavy atom. The Balaban J connectivity index is 2.03. The first-order valence-corrected chi connectivity index (χ1v) is 8.92. The molecule has 0 aromatic carbocycles. The van der Waals surface area contributed by atoms with Gasteiger partial charge in [0.15, 0.2) is 0 Å². The van der Waals surface area contributed by atoms with E-state index in [1.165, 1.54) is 0 Å². The Morgan fingerprint density at radius 1 is 1.32 bits per heavy atom. The van der Waals surface area contributed by atoms with Gasteiger partial charge in [0.05, 0.1) is 11.8 Å². The smallest absolute Gasteiger partial charge is 0.227 e. The number of allylic oxidation sites excluding steroid dienone is 2. The van der Waals surface area contributed by atoms with E-state index in [0.29, 0.717) is 6.42 Å². The molecular weight excluding hydrogens is 276 g/mol. The highest BCUT2D eigenvalue weighted by molar-refractivity contribution is 5.89. The zero-order valence-corrected chi connectivity index (χ0v) is 14.0. The van der Waals surface area contributed by atoms with Gasteiger partial charge in [0, 0.05) is 19.6 Å². The van der Waals surface area contributed by atoms with Crippen LogP contribution in [0.1, 0.15) is 52.4 Å². The molecule has 0 radical (unpaired) electrons. The molecule has 0 aromatic rings. The zero-order valence-electron chi connectivity index (χ0n) is 14.0. The summed E-state index contributed by atoms with van der Waals surface area (Å²) in [5, 5.41) is 3.02. The number of nitrogens with one attached hydrogen (secondary N) is 1. The van der Waals surface area contributed by atoms with Crippen LogP contribution in [-0.2, 0) is 9.59 Å². The van der Waals surface area contributed by atoms with Gasteiger partial charge in [0.25, 0.3) is 0 Å². The van der Waals surface area contributed by atoms with Gasteiger partial charge >= 0.3 is 0 Å². The number of rotatable bonds is 7. The molecule has 4 nitrogen and oxygen atoms in total. The van der Waals surface area contributed by atoms with Crippen LogP contribution in [0.15, 0.2) is 12.2 Å². The first kappa shape index (κ1) is 17.0. The fourth-order valence-electron chi connectivity index (χ4n) is 3.58. The average Bonchev–Trinajstić information content (AvgIpc) is 2.54. The van der Waals surface area contributed by atoms with Crippen LogP contribution in [0.5, 0.6) is 0 Å². The Hall–Kier alpha value is -1.32. The van der Waals surface area contributed by atoms with Crippen LogP contribution in [0.4, 0.5) is 0 Å². The van der Waals surface area contributed by atoms with Gasteiger partial charge in [-0.15, -0.1) is 0 Å². The van der Waals surface area contributed by atoms with Crippen molar-refractivity contribution in [3.8, 4) is 0 Å². The Labute approximate surface area is 134 Å². The molecule has 2 aliphatic rings. The summed E-state index contributed by atoms with van der Waals surface area (Å²) in [6, 6.07) is 0. The molecule has 0 spiro atoms. The summed E-state index contributed by atoms with van der Waals surface area (Å²) < 4.78 is 0. The standard InChI is InChI=1S/C18H30N2O2/c1-3-5-11-19-17(21)15-9-7-8-14-10-13-20(12-6-4-2)18(22)16(14)15/h7-8,14-16H,3-6,9-13H2,1-2H3,(H,19,21)/t14-,15-,16+/m1/s1. The lowest BCUT2D eigenvalue weighted by atomic mass is 9.71. The van der Waals surface area contributed by atoms with E-state index in [0.717, 1.165) is 51.7 Å². The van der Waals surface area contributed by atoms with Crippen LogP contribution in [0.3, 0.4) is 0 Å². The topological polar surface area (TPSA) is 49.4 Å². The predicted molar refractivity (Wildman–Crippen MR) is 88.2 cm³/mol. The molecule has 1 aliphatic carbocycles. The molecule has 124 valence electrons. The molecule has 0 saturated carbocycles. The molecule has 22 heavy (non-hydrogen) atoms. The van der Waals surface area contributed by atoms with Gasteiger partial charge in [-0.05, 0) is 31.6 Å². The van der Waals surface area contributed by atoms with Crippen molar-refractivity contribution in [2.75, 3.05) is 19.6 Å². The summed E-state index contributed by atoms with van der Waals surface area (Å²) in [7, 11) is 0. The van der Waals surface area contributed by atoms with Crippen molar-refractivity contribution in [1.82, 2.24) is 10.2 Å². The highest BCUT2D eigenvalue weighted by Crippen LogP contribution is 2.37. The van der Waals surface area contributed by atoms with Crippen molar-refractivity contribution < 1.29 is 9.59 Å². The molecule has 1 aliphatic heterocycles. The van der Waals surface area contributed by atoms with E-state index >= 15 is 0 Å². The zero-order chi connectivity index (χ0) is 15.9. The molecular formula is C18H30N2O2. The summed E-state index contributed by atoms with van der Waals surface area (Å²) >= 11 is 0. The fraction of sp³-hybridized carbons (Fsp3) is 0.778. The Bertz CT molecular complexity index is 419. The summed E-state index contributed by atoms with van der Waals surface area (Å²) in [6.07, 6.45) is 10.2. The maximum atomic E-state index is 12.8. The van der Waals surface area contributed by atoms with Gasteiger partial charge in [-0.25, -0.2) is 0 Å². The van der Waals surface area contributed by atoms with Gasteiger partial charge in [-0.2, -0.15) is 0 Å². The number of amides is 2. The number of hydrogen-bond acceptors (Lipinski definition) is 2. The van der Waals surface area contributed by atoms with Crippen LogP contribution in [0.2, 0.25) is 0 Å². The molecule has 4 heteroatoms. The summed E-state index contributed by atoms with van der Waals surface area (Å²) in [5.41, 5.74) is 0. The minimum Gasteiger partial charge on any atom is -0.356 e. The number of carbonyl (C=O) groups excluding carboxylic acids is 2. The first-order chi connectivity index (χ1) is 10.7. The lowest BCUT2D eigenvalue weighted by Gasteiger charge is -2.41. The monoisotopic (exact) mass is 306 g/mol. The third kappa shape index (κ3) is 3.90. The maximum absolute atomic E-state index is 12.8. The summed E-state index contributed by atoms with van der Waals surface area (Å²) in [6.45, 7) is 6.66. The Morgan fingerprint density at radius 2 is 2.09 bits per heavy atom. The summed E-state index contributed by atoms with van der Waals surface area (Å²) in [5.74, 6) is 0.199. The van der Waals surface area contributed by atoms with Crippen LogP contribution >= 0.6 is 0 Å². The molecule has 3 atom stereocenters. The van der Waals surface area contributed by atoms with Gasteiger partial charge in [-0.1, -0.05) is 38.8 Å². The van der Waals surface area contributed by atoms with E-state index in [2.05, 4.69) is 31.3 Å². The average molecular weight is 306 g/mol. The van der Waals surface area contributed by atoms with Crippen LogP contribution < -0.4 is 5.32 Å². The number of fused-ring (bicyclic) bond motifs is 1. The highest BCUT2D eigenvalue weighted by atomic mass is 16.2. The molecule has 1 fully saturated rings. The van der Waals surface area contributed by atoms with Gasteiger partial charge in [0.1, 0.15) is 0 Å². The second kappa shape index (κ2) is 8.35. The van der Waals surface area contributed by atoms with Crippen LogP contribution in [0, 0.1) is 17.8 Å². The second-order valence-electron chi connectivity index (χ2n) is 6.57. The number of likely N-dealkylation sites (tertiary alicyclic amines) is 1. The lowest BCUT2D eigenvalue weighted by molar-refractivity contribution is -0.147. The van der Waals surface area contributed by atoms with Crippen molar-refractivity contribution in [2.45, 2.75) is 52.4 Å². The maximum Gasteiger partial charge on any atom is 0.227 e. The summed E-state index contributed by atoms with van der Waals surface area (Å²) in [4.78, 5) is 27.3. The van der Waals surface area contributed by atoms with E-state index in [1.807, 2.05) is 4.90 Å². The van der Waals surface area contributed by atoms with Crippen molar-refractivity contribution in [2.24, 2.45) is 17.8 Å². The van der Waals surface area contributed by atoms with E-state index < -0.39 is 0 Å². The fourth-order valence-corrected chi connectivity index (χ4v) is 3.58. The third-order valence-electron chi connectivity index (χ3n) is 4.95. The van der Waals surface area contributed by atoms with Crippen molar-refractivity contribution in [1.29, 1.82) is 0 Å². The number of nitrogens with zero attached hydrogens (tertiary/aromatic N) is 1. The number of unbranched alkanes of at least 4 members (excludes halogenated alkanes) is 2. The van der Waals surface area contributed by atoms with Crippen molar-refractivity contribution >= 4 is 11.8 Å². The van der Waals surface area contributed by atoms with Crippen LogP contribution in [-0.4, -0.2) is 36.3 Å². The number of carbonyl (C=O) groups is 2. The van der Waals surface area contributed by atoms with Crippen molar-refractivity contribution in [3.05, 3.63) is 12.2 Å². The van der Waals surface area contributed by atoms with E-state index in [9.17, 15) is 9.59 Å². The molecule has 2 amide bonds. The molecule has 1 saturated heterocycles. The number of hydrogen-bond donors (Lipinski definition) is 1. The largest absolute Gasteiger partial charge is 0.356 e. The van der Waals surface area contributed by atoms with E-state index in [1.54, 1.807) is 0 Å². The molecule has 1 N–H and O–H groups in total. The minimum absolute atomic E-state index is 0.0680. The predicted octanol–water partition coefficient (Wildman–Crippen LogP) is 2.74. The molecule has 2 rings (SSSR count). The van der Waals surface area contributed by atoms with E-state index in [4.69, 9.17) is 0 Å². The quantitative estimate of drug-likeness (QED) is 0.581. The first-order valence-electron chi connectivity index (χ1n) is 8.92. The molecule has 0 unspecified atom stereocenters. The van der Waals surface area contributed by atoms with E-state index in [-0.39, 0.29) is 29.6 Å². The number of piperidine rings is 1. The van der Waals surface area contributed by atoms with Gasteiger partial charge in [0.2, 0.25) is 11.8 Å². The normalized spacial score (nSPS) is 27.6. The van der Waals surface area contributed by atoms with Gasteiger partial charge in [-0.3, -0.25) is 9.59 Å². The SMILES string of the molecule is CCCCNC(=O)[C@@H]1CC=C[C@@H]2CCN(CCCC)C(=O)[C@@H]21. The Kier molecular flexibility index (Phi) is 6.47.